The van der Waals surface area contributed by atoms with Crippen molar-refractivity contribution in [1.29, 1.82) is 0 Å². The van der Waals surface area contributed by atoms with Gasteiger partial charge in [0.2, 0.25) is 0 Å². The molecule has 0 amide bonds. The number of hydrogen-bond donors (Lipinski definition) is 1. The third-order valence-electron chi connectivity index (χ3n) is 3.63. The molecule has 0 aromatic carbocycles. The van der Waals surface area contributed by atoms with Crippen molar-refractivity contribution in [2.45, 2.75) is 38.9 Å². The zero-order chi connectivity index (χ0) is 14.7. The van der Waals surface area contributed by atoms with Gasteiger partial charge in [-0.1, -0.05) is 17.7 Å². The highest BCUT2D eigenvalue weighted by Gasteiger charge is 2.29. The van der Waals surface area contributed by atoms with Crippen LogP contribution in [0.5, 0.6) is 0 Å². The normalized spacial score (nSPS) is 14.6. The SMILES string of the molecule is CCNc1ccc(Cl)c(CN(Cc2cccs2)C2CC2)n1. The van der Waals surface area contributed by atoms with Crippen molar-refractivity contribution in [2.24, 2.45) is 0 Å². The monoisotopic (exact) mass is 321 g/mol. The Kier molecular flexibility index (Phi) is 4.78. The number of aromatic nitrogens is 1. The zero-order valence-electron chi connectivity index (χ0n) is 12.2. The maximum Gasteiger partial charge on any atom is 0.126 e. The lowest BCUT2D eigenvalue weighted by Gasteiger charge is -2.21. The highest BCUT2D eigenvalue weighted by Crippen LogP contribution is 2.31. The molecule has 1 aliphatic carbocycles. The molecule has 0 radical (unpaired) electrons. The van der Waals surface area contributed by atoms with E-state index in [4.69, 9.17) is 11.6 Å². The topological polar surface area (TPSA) is 28.2 Å². The molecule has 5 heteroatoms. The Hall–Kier alpha value is -1.10. The van der Waals surface area contributed by atoms with E-state index in [1.54, 1.807) is 0 Å². The van der Waals surface area contributed by atoms with Crippen LogP contribution in [0.4, 0.5) is 5.82 Å². The minimum absolute atomic E-state index is 0.688. The van der Waals surface area contributed by atoms with Crippen molar-refractivity contribution < 1.29 is 0 Å². The molecule has 1 aliphatic rings. The van der Waals surface area contributed by atoms with Crippen LogP contribution in [-0.2, 0) is 13.1 Å². The van der Waals surface area contributed by atoms with E-state index in [2.05, 4.69) is 39.6 Å². The molecule has 2 heterocycles. The summed E-state index contributed by atoms with van der Waals surface area (Å²) in [6, 6.07) is 8.88. The number of pyridine rings is 1. The lowest BCUT2D eigenvalue weighted by atomic mass is 10.3. The molecule has 21 heavy (non-hydrogen) atoms. The average molecular weight is 322 g/mol. The van der Waals surface area contributed by atoms with E-state index in [1.165, 1.54) is 17.7 Å². The number of nitrogens with one attached hydrogen (secondary N) is 1. The maximum atomic E-state index is 6.33. The summed E-state index contributed by atoms with van der Waals surface area (Å²) in [7, 11) is 0. The highest BCUT2D eigenvalue weighted by molar-refractivity contribution is 7.09. The van der Waals surface area contributed by atoms with Gasteiger partial charge in [0.15, 0.2) is 0 Å². The third-order valence-corrected chi connectivity index (χ3v) is 4.84. The molecule has 0 unspecified atom stereocenters. The lowest BCUT2D eigenvalue weighted by molar-refractivity contribution is 0.245. The number of rotatable bonds is 7. The second-order valence-electron chi connectivity index (χ2n) is 5.37. The summed E-state index contributed by atoms with van der Waals surface area (Å²) in [6.07, 6.45) is 2.58. The Balaban J connectivity index is 1.74. The van der Waals surface area contributed by atoms with Crippen LogP contribution in [-0.4, -0.2) is 22.5 Å². The minimum atomic E-state index is 0.688. The van der Waals surface area contributed by atoms with E-state index >= 15 is 0 Å². The molecule has 3 nitrogen and oxygen atoms in total. The van der Waals surface area contributed by atoms with Crippen molar-refractivity contribution in [2.75, 3.05) is 11.9 Å². The number of anilines is 1. The second-order valence-corrected chi connectivity index (χ2v) is 6.81. The molecule has 3 rings (SSSR count). The van der Waals surface area contributed by atoms with Gasteiger partial charge in [-0.2, -0.15) is 0 Å². The Morgan fingerprint density at radius 3 is 2.86 bits per heavy atom. The molecule has 0 spiro atoms. The smallest absolute Gasteiger partial charge is 0.126 e. The van der Waals surface area contributed by atoms with Gasteiger partial charge in [0.05, 0.1) is 10.7 Å². The second kappa shape index (κ2) is 6.77. The van der Waals surface area contributed by atoms with Gasteiger partial charge in [0.1, 0.15) is 5.82 Å². The number of hydrogen-bond acceptors (Lipinski definition) is 4. The number of thiophene rings is 1. The van der Waals surface area contributed by atoms with Gasteiger partial charge in [0.25, 0.3) is 0 Å². The van der Waals surface area contributed by atoms with Gasteiger partial charge in [-0.15, -0.1) is 11.3 Å². The Labute approximate surface area is 135 Å². The first-order valence-corrected chi connectivity index (χ1v) is 8.67. The standard InChI is InChI=1S/C16H20ClN3S/c1-2-18-16-8-7-14(17)15(19-16)11-20(12-5-6-12)10-13-4-3-9-21-13/h3-4,7-9,12H,2,5-6,10-11H2,1H3,(H,18,19). The summed E-state index contributed by atoms with van der Waals surface area (Å²) in [5.41, 5.74) is 0.971. The van der Waals surface area contributed by atoms with Crippen LogP contribution in [0.3, 0.4) is 0 Å². The molecular weight excluding hydrogens is 302 g/mol. The Bertz CT molecular complexity index is 581. The maximum absolute atomic E-state index is 6.33. The largest absolute Gasteiger partial charge is 0.370 e. The fraction of sp³-hybridized carbons (Fsp3) is 0.438. The van der Waals surface area contributed by atoms with Crippen LogP contribution >= 0.6 is 22.9 Å². The van der Waals surface area contributed by atoms with Crippen LogP contribution in [0.25, 0.3) is 0 Å². The molecule has 1 saturated carbocycles. The van der Waals surface area contributed by atoms with Crippen molar-refractivity contribution in [3.05, 3.63) is 45.2 Å². The summed E-state index contributed by atoms with van der Waals surface area (Å²) in [6.45, 7) is 4.76. The number of halogens is 1. The van der Waals surface area contributed by atoms with E-state index in [9.17, 15) is 0 Å². The molecule has 1 N–H and O–H groups in total. The molecule has 112 valence electrons. The molecule has 0 saturated heterocycles. The van der Waals surface area contributed by atoms with Gasteiger partial charge in [-0.25, -0.2) is 4.98 Å². The van der Waals surface area contributed by atoms with E-state index in [1.807, 2.05) is 23.5 Å². The van der Waals surface area contributed by atoms with E-state index in [0.717, 1.165) is 36.2 Å². The first-order chi connectivity index (χ1) is 10.3. The predicted octanol–water partition coefficient (Wildman–Crippen LogP) is 4.39. The lowest BCUT2D eigenvalue weighted by Crippen LogP contribution is -2.25. The zero-order valence-corrected chi connectivity index (χ0v) is 13.8. The Morgan fingerprint density at radius 2 is 2.19 bits per heavy atom. The van der Waals surface area contributed by atoms with Crippen molar-refractivity contribution >= 4 is 28.8 Å². The summed E-state index contributed by atoms with van der Waals surface area (Å²) in [5, 5.41) is 6.15. The van der Waals surface area contributed by atoms with E-state index in [0.29, 0.717) is 6.04 Å². The van der Waals surface area contributed by atoms with Crippen LogP contribution in [0.1, 0.15) is 30.3 Å². The average Bonchev–Trinajstić information content (AvgIpc) is 3.20. The quantitative estimate of drug-likeness (QED) is 0.819. The summed E-state index contributed by atoms with van der Waals surface area (Å²) < 4.78 is 0. The van der Waals surface area contributed by atoms with Crippen LogP contribution in [0.15, 0.2) is 29.6 Å². The summed E-state index contributed by atoms with van der Waals surface area (Å²) in [4.78, 5) is 8.56. The van der Waals surface area contributed by atoms with Gasteiger partial charge in [-0.3, -0.25) is 4.90 Å². The van der Waals surface area contributed by atoms with E-state index < -0.39 is 0 Å². The van der Waals surface area contributed by atoms with E-state index in [-0.39, 0.29) is 0 Å². The van der Waals surface area contributed by atoms with Crippen molar-refractivity contribution in [3.63, 3.8) is 0 Å². The molecule has 1 fully saturated rings. The fourth-order valence-corrected chi connectivity index (χ4v) is 3.32. The van der Waals surface area contributed by atoms with Crippen LogP contribution in [0.2, 0.25) is 5.02 Å². The first kappa shape index (κ1) is 14.8. The molecule has 2 aromatic heterocycles. The van der Waals surface area contributed by atoms with Gasteiger partial charge < -0.3 is 5.32 Å². The van der Waals surface area contributed by atoms with Gasteiger partial charge >= 0.3 is 0 Å². The molecule has 0 atom stereocenters. The van der Waals surface area contributed by atoms with Gasteiger partial charge in [0, 0.05) is 30.6 Å². The molecule has 0 bridgehead atoms. The number of nitrogens with zero attached hydrogens (tertiary/aromatic N) is 2. The summed E-state index contributed by atoms with van der Waals surface area (Å²) >= 11 is 8.15. The first-order valence-electron chi connectivity index (χ1n) is 7.42. The molecule has 0 aliphatic heterocycles. The minimum Gasteiger partial charge on any atom is -0.370 e. The highest BCUT2D eigenvalue weighted by atomic mass is 35.5. The van der Waals surface area contributed by atoms with Crippen LogP contribution in [0, 0.1) is 0 Å². The molecular formula is C16H20ClN3S. The predicted molar refractivity (Wildman–Crippen MR) is 90.0 cm³/mol. The van der Waals surface area contributed by atoms with Crippen molar-refractivity contribution in [1.82, 2.24) is 9.88 Å². The fourth-order valence-electron chi connectivity index (χ4n) is 2.42. The van der Waals surface area contributed by atoms with Crippen LogP contribution < -0.4 is 5.32 Å². The van der Waals surface area contributed by atoms with Gasteiger partial charge in [-0.05, 0) is 43.3 Å². The summed E-state index contributed by atoms with van der Waals surface area (Å²) in [5.74, 6) is 0.906. The van der Waals surface area contributed by atoms with Crippen molar-refractivity contribution in [3.8, 4) is 0 Å². The Morgan fingerprint density at radius 1 is 1.33 bits per heavy atom. The molecule has 2 aromatic rings. The third kappa shape index (κ3) is 3.96.